The molecule has 0 unspecified atom stereocenters. The zero-order chi connectivity index (χ0) is 29.7. The van der Waals surface area contributed by atoms with E-state index in [1.54, 1.807) is 30.3 Å². The number of halogens is 5. The number of alkyl halides is 2. The summed E-state index contributed by atoms with van der Waals surface area (Å²) in [6, 6.07) is 15.3. The number of hydrogen-bond donors (Lipinski definition) is 0. The minimum atomic E-state index is -3.48. The van der Waals surface area contributed by atoms with Crippen molar-refractivity contribution in [3.63, 3.8) is 0 Å². The van der Waals surface area contributed by atoms with E-state index in [4.69, 9.17) is 25.8 Å². The van der Waals surface area contributed by atoms with Crippen molar-refractivity contribution < 1.29 is 31.8 Å². The lowest BCUT2D eigenvalue weighted by atomic mass is 9.78. The van der Waals surface area contributed by atoms with Crippen LogP contribution in [0.2, 0.25) is 5.02 Å². The summed E-state index contributed by atoms with van der Waals surface area (Å²) in [6.45, 7) is 3.36. The van der Waals surface area contributed by atoms with E-state index in [0.717, 1.165) is 18.9 Å². The molecule has 1 aliphatic carbocycles. The highest BCUT2D eigenvalue weighted by Gasteiger charge is 2.44. The van der Waals surface area contributed by atoms with Crippen LogP contribution in [0.4, 0.5) is 17.6 Å². The minimum Gasteiger partial charge on any atom is -0.432 e. The van der Waals surface area contributed by atoms with Gasteiger partial charge >= 0.3 is 6.11 Å². The summed E-state index contributed by atoms with van der Waals surface area (Å²) in [7, 11) is 0. The molecule has 5 rings (SSSR count). The van der Waals surface area contributed by atoms with E-state index in [2.05, 4.69) is 6.92 Å². The normalized spacial score (nSPS) is 23.1. The van der Waals surface area contributed by atoms with Crippen molar-refractivity contribution in [2.45, 2.75) is 76.6 Å². The molecule has 0 spiro atoms. The maximum atomic E-state index is 15.2. The highest BCUT2D eigenvalue weighted by molar-refractivity contribution is 6.30. The van der Waals surface area contributed by atoms with Crippen LogP contribution >= 0.6 is 11.6 Å². The molecular weight excluding hydrogens is 568 g/mol. The Morgan fingerprint density at radius 3 is 2.21 bits per heavy atom. The number of rotatable bonds is 10. The van der Waals surface area contributed by atoms with Crippen molar-refractivity contribution in [3.8, 4) is 16.9 Å². The monoisotopic (exact) mass is 604 g/mol. The molecule has 0 radical (unpaired) electrons. The number of unbranched alkanes of at least 4 members (excludes halogenated alkanes) is 2. The number of ether oxygens (including phenoxy) is 3. The first-order chi connectivity index (χ1) is 20.2. The average molecular weight is 605 g/mol. The third kappa shape index (κ3) is 7.47. The molecule has 2 aliphatic rings. The molecule has 0 bridgehead atoms. The average Bonchev–Trinajstić information content (AvgIpc) is 2.98. The van der Waals surface area contributed by atoms with Gasteiger partial charge in [-0.05, 0) is 79.5 Å². The van der Waals surface area contributed by atoms with Gasteiger partial charge in [-0.3, -0.25) is 0 Å². The van der Waals surface area contributed by atoms with Gasteiger partial charge in [0, 0.05) is 28.1 Å². The molecule has 2 fully saturated rings. The van der Waals surface area contributed by atoms with Crippen LogP contribution in [-0.2, 0) is 9.47 Å². The lowest BCUT2D eigenvalue weighted by Gasteiger charge is -2.34. The molecule has 3 aromatic carbocycles. The first-order valence-electron chi connectivity index (χ1n) is 14.9. The fourth-order valence-corrected chi connectivity index (χ4v) is 6.14. The number of benzene rings is 3. The SMILES string of the molecule is CCCCCC1COC(c2ccc(C3CCC(C(F)(F)Oc4ccc(-c5ccc(Cl)cc5)c(F)c4)CC3)c(F)c2)OC1. The molecule has 226 valence electrons. The van der Waals surface area contributed by atoms with Gasteiger partial charge in [0.25, 0.3) is 0 Å². The van der Waals surface area contributed by atoms with Crippen LogP contribution in [-0.4, -0.2) is 19.3 Å². The standard InChI is InChI=1S/C34H37ClF4O3/c1-2-3-4-5-22-20-40-33(41-21-22)25-10-16-29(31(36)18-25)23-6-11-26(12-7-23)34(38,39)42-28-15-17-30(32(37)19-28)24-8-13-27(35)14-9-24/h8-10,13-19,22-23,26,33H,2-7,11-12,20-21H2,1H3. The predicted octanol–water partition coefficient (Wildman–Crippen LogP) is 10.5. The molecule has 0 atom stereocenters. The van der Waals surface area contributed by atoms with Gasteiger partial charge in [0.1, 0.15) is 17.4 Å². The highest BCUT2D eigenvalue weighted by Crippen LogP contribution is 2.44. The molecule has 0 N–H and O–H groups in total. The summed E-state index contributed by atoms with van der Waals surface area (Å²) >= 11 is 5.89. The Bertz CT molecular complexity index is 1320. The van der Waals surface area contributed by atoms with Crippen molar-refractivity contribution in [1.29, 1.82) is 0 Å². The summed E-state index contributed by atoms with van der Waals surface area (Å²) in [5, 5.41) is 0.517. The van der Waals surface area contributed by atoms with Crippen molar-refractivity contribution in [2.75, 3.05) is 13.2 Å². The van der Waals surface area contributed by atoms with Gasteiger partial charge in [-0.25, -0.2) is 8.78 Å². The fourth-order valence-electron chi connectivity index (χ4n) is 6.01. The van der Waals surface area contributed by atoms with Gasteiger partial charge < -0.3 is 14.2 Å². The fraction of sp³-hybridized carbons (Fsp3) is 0.471. The molecule has 1 heterocycles. The van der Waals surface area contributed by atoms with E-state index in [0.29, 0.717) is 53.7 Å². The Labute approximate surface area is 250 Å². The maximum Gasteiger partial charge on any atom is 0.400 e. The lowest BCUT2D eigenvalue weighted by Crippen LogP contribution is -2.37. The molecular formula is C34H37ClF4O3. The summed E-state index contributed by atoms with van der Waals surface area (Å²) < 4.78 is 76.9. The van der Waals surface area contributed by atoms with E-state index < -0.39 is 24.1 Å². The summed E-state index contributed by atoms with van der Waals surface area (Å²) in [5.74, 6) is -2.13. The van der Waals surface area contributed by atoms with Crippen molar-refractivity contribution in [2.24, 2.45) is 11.8 Å². The van der Waals surface area contributed by atoms with E-state index in [-0.39, 0.29) is 35.9 Å². The lowest BCUT2D eigenvalue weighted by molar-refractivity contribution is -0.222. The molecule has 0 aromatic heterocycles. The van der Waals surface area contributed by atoms with Crippen LogP contribution in [0.5, 0.6) is 5.75 Å². The van der Waals surface area contributed by atoms with E-state index in [1.165, 1.54) is 31.0 Å². The Morgan fingerprint density at radius 2 is 1.57 bits per heavy atom. The van der Waals surface area contributed by atoms with Crippen molar-refractivity contribution >= 4 is 11.6 Å². The third-order valence-electron chi connectivity index (χ3n) is 8.47. The zero-order valence-corrected chi connectivity index (χ0v) is 24.5. The van der Waals surface area contributed by atoms with E-state index in [9.17, 15) is 4.39 Å². The van der Waals surface area contributed by atoms with Crippen LogP contribution < -0.4 is 4.74 Å². The first kappa shape index (κ1) is 30.8. The predicted molar refractivity (Wildman–Crippen MR) is 156 cm³/mol. The van der Waals surface area contributed by atoms with Gasteiger partial charge in [-0.2, -0.15) is 8.78 Å². The maximum absolute atomic E-state index is 15.2. The highest BCUT2D eigenvalue weighted by atomic mass is 35.5. The van der Waals surface area contributed by atoms with Crippen LogP contribution in [0.15, 0.2) is 60.7 Å². The molecule has 0 amide bonds. The van der Waals surface area contributed by atoms with Gasteiger partial charge in [0.15, 0.2) is 6.29 Å². The van der Waals surface area contributed by atoms with Gasteiger partial charge in [-0.15, -0.1) is 0 Å². The molecule has 8 heteroatoms. The van der Waals surface area contributed by atoms with Crippen LogP contribution in [0, 0.1) is 23.5 Å². The number of hydrogen-bond acceptors (Lipinski definition) is 3. The first-order valence-corrected chi connectivity index (χ1v) is 15.3. The van der Waals surface area contributed by atoms with Gasteiger partial charge in [0.2, 0.25) is 0 Å². The van der Waals surface area contributed by atoms with Gasteiger partial charge in [-0.1, -0.05) is 62.1 Å². The van der Waals surface area contributed by atoms with Gasteiger partial charge in [0.05, 0.1) is 19.1 Å². The second kappa shape index (κ2) is 13.8. The zero-order valence-electron chi connectivity index (χ0n) is 23.8. The van der Waals surface area contributed by atoms with Crippen molar-refractivity contribution in [3.05, 3.63) is 88.4 Å². The van der Waals surface area contributed by atoms with Crippen LogP contribution in [0.25, 0.3) is 11.1 Å². The molecule has 1 aliphatic heterocycles. The van der Waals surface area contributed by atoms with Crippen LogP contribution in [0.1, 0.15) is 81.6 Å². The summed E-state index contributed by atoms with van der Waals surface area (Å²) in [5.41, 5.74) is 2.00. The molecule has 3 nitrogen and oxygen atoms in total. The molecule has 1 saturated carbocycles. The Kier molecular flexibility index (Phi) is 10.1. The summed E-state index contributed by atoms with van der Waals surface area (Å²) in [4.78, 5) is 0. The molecule has 1 saturated heterocycles. The van der Waals surface area contributed by atoms with Crippen LogP contribution in [0.3, 0.4) is 0 Å². The Balaban J connectivity index is 1.14. The molecule has 42 heavy (non-hydrogen) atoms. The largest absolute Gasteiger partial charge is 0.432 e. The second-order valence-corrected chi connectivity index (χ2v) is 11.9. The Hall–Kier alpha value is -2.61. The van der Waals surface area contributed by atoms with E-state index >= 15 is 13.2 Å². The summed E-state index contributed by atoms with van der Waals surface area (Å²) in [6.07, 6.45) is 1.64. The molecule has 3 aromatic rings. The Morgan fingerprint density at radius 1 is 0.857 bits per heavy atom. The van der Waals surface area contributed by atoms with Crippen molar-refractivity contribution in [1.82, 2.24) is 0 Å². The smallest absolute Gasteiger partial charge is 0.400 e. The quantitative estimate of drug-likeness (QED) is 0.170. The minimum absolute atomic E-state index is 0.165. The van der Waals surface area contributed by atoms with E-state index in [1.807, 2.05) is 6.07 Å². The third-order valence-corrected chi connectivity index (χ3v) is 8.72. The topological polar surface area (TPSA) is 27.7 Å². The second-order valence-electron chi connectivity index (χ2n) is 11.5.